The van der Waals surface area contributed by atoms with Crippen LogP contribution in [0.3, 0.4) is 0 Å². The van der Waals surface area contributed by atoms with Gasteiger partial charge in [-0.1, -0.05) is 11.1 Å². The quantitative estimate of drug-likeness (QED) is 0.477. The van der Waals surface area contributed by atoms with Crippen molar-refractivity contribution in [2.45, 2.75) is 66.6 Å². The highest BCUT2D eigenvalue weighted by atomic mass is 16.5. The van der Waals surface area contributed by atoms with Crippen LogP contribution in [0.2, 0.25) is 0 Å². The Labute approximate surface area is 188 Å². The molecule has 8 heteroatoms. The Balaban J connectivity index is 2.38. The average Bonchev–Trinajstić information content (AvgIpc) is 2.68. The Morgan fingerprint density at radius 2 is 1.28 bits per heavy atom. The molecule has 0 radical (unpaired) electrons. The minimum Gasteiger partial charge on any atom is -0.481 e. The average molecular weight is 446 g/mol. The molecule has 2 rings (SSSR count). The number of rotatable bonds is 7. The molecule has 2 atom stereocenters. The fourth-order valence-electron chi connectivity index (χ4n) is 3.56. The molecule has 0 heterocycles. The Bertz CT molecular complexity index is 905. The molecule has 0 spiro atoms. The molecule has 1 aromatic carbocycles. The molecule has 174 valence electrons. The molecule has 1 aliphatic rings. The third-order valence-corrected chi connectivity index (χ3v) is 5.28. The summed E-state index contributed by atoms with van der Waals surface area (Å²) in [4.78, 5) is 49.6. The van der Waals surface area contributed by atoms with Crippen molar-refractivity contribution in [3.05, 3.63) is 40.5 Å². The number of hydrogen-bond acceptors (Lipinski definition) is 6. The number of hydrogen-bond donors (Lipinski definition) is 2. The fraction of sp³-hybridized carbons (Fsp3) is 0.500. The SMILES string of the molecule is CC1=C(C)C[C@@H](C(=O)Nc2cc(C(=O)OC(C)C)cc(C(=O)OC(C)C)c2)[C@@H](C(=O)O)C1. The number of ether oxygens (including phenoxy) is 2. The number of carboxylic acids is 1. The van der Waals surface area contributed by atoms with Gasteiger partial charge in [0.2, 0.25) is 5.91 Å². The molecule has 0 aliphatic heterocycles. The number of allylic oxidation sites excluding steroid dienone is 2. The standard InChI is InChI=1S/C24H31NO7/c1-12(2)31-23(29)16-9-17(24(30)32-13(3)4)11-18(10-16)25-21(26)19-7-14(5)15(6)8-20(19)22(27)28/h9-13,19-20H,7-8H2,1-6H3,(H,25,26)(H,27,28)/t19-,20+/m1/s1. The van der Waals surface area contributed by atoms with E-state index in [1.165, 1.54) is 18.2 Å². The Morgan fingerprint density at radius 3 is 1.69 bits per heavy atom. The van der Waals surface area contributed by atoms with Crippen molar-refractivity contribution in [3.63, 3.8) is 0 Å². The lowest BCUT2D eigenvalue weighted by molar-refractivity contribution is -0.146. The Morgan fingerprint density at radius 1 is 0.844 bits per heavy atom. The summed E-state index contributed by atoms with van der Waals surface area (Å²) in [5.41, 5.74) is 2.31. The highest BCUT2D eigenvalue weighted by Crippen LogP contribution is 2.35. The van der Waals surface area contributed by atoms with Crippen LogP contribution in [0.15, 0.2) is 29.3 Å². The highest BCUT2D eigenvalue weighted by molar-refractivity contribution is 6.01. The second-order valence-corrected chi connectivity index (χ2v) is 8.72. The van der Waals surface area contributed by atoms with Crippen molar-refractivity contribution in [2.24, 2.45) is 11.8 Å². The normalized spacial score (nSPS) is 18.5. The van der Waals surface area contributed by atoms with Crippen molar-refractivity contribution < 1.29 is 33.8 Å². The van der Waals surface area contributed by atoms with E-state index in [1.54, 1.807) is 27.7 Å². The van der Waals surface area contributed by atoms with E-state index in [9.17, 15) is 24.3 Å². The van der Waals surface area contributed by atoms with Gasteiger partial charge in [-0.2, -0.15) is 0 Å². The van der Waals surface area contributed by atoms with E-state index in [0.717, 1.165) is 11.1 Å². The number of esters is 2. The minimum absolute atomic E-state index is 0.0811. The van der Waals surface area contributed by atoms with E-state index in [-0.39, 0.29) is 29.0 Å². The summed E-state index contributed by atoms with van der Waals surface area (Å²) < 4.78 is 10.4. The lowest BCUT2D eigenvalue weighted by atomic mass is 9.76. The van der Waals surface area contributed by atoms with Gasteiger partial charge >= 0.3 is 17.9 Å². The third-order valence-electron chi connectivity index (χ3n) is 5.28. The van der Waals surface area contributed by atoms with Gasteiger partial charge in [0.05, 0.1) is 35.2 Å². The van der Waals surface area contributed by atoms with Gasteiger partial charge in [-0.3, -0.25) is 9.59 Å². The highest BCUT2D eigenvalue weighted by Gasteiger charge is 2.37. The van der Waals surface area contributed by atoms with Gasteiger partial charge in [0.25, 0.3) is 0 Å². The van der Waals surface area contributed by atoms with Crippen molar-refractivity contribution in [2.75, 3.05) is 5.32 Å². The predicted octanol–water partition coefficient (Wildman–Crippen LogP) is 4.20. The van der Waals surface area contributed by atoms with E-state index in [1.807, 2.05) is 13.8 Å². The van der Waals surface area contributed by atoms with E-state index in [0.29, 0.717) is 12.8 Å². The van der Waals surface area contributed by atoms with Crippen LogP contribution in [-0.4, -0.2) is 41.1 Å². The molecular weight excluding hydrogens is 414 g/mol. The van der Waals surface area contributed by atoms with Gasteiger partial charge < -0.3 is 19.9 Å². The molecule has 32 heavy (non-hydrogen) atoms. The predicted molar refractivity (Wildman–Crippen MR) is 118 cm³/mol. The fourth-order valence-corrected chi connectivity index (χ4v) is 3.56. The van der Waals surface area contributed by atoms with Gasteiger partial charge in [-0.15, -0.1) is 0 Å². The largest absolute Gasteiger partial charge is 0.481 e. The van der Waals surface area contributed by atoms with E-state index in [2.05, 4.69) is 5.32 Å². The first-order valence-corrected chi connectivity index (χ1v) is 10.6. The summed E-state index contributed by atoms with van der Waals surface area (Å²) >= 11 is 0. The summed E-state index contributed by atoms with van der Waals surface area (Å²) in [6, 6.07) is 4.16. The Kier molecular flexibility index (Phi) is 8.19. The molecule has 0 saturated heterocycles. The van der Waals surface area contributed by atoms with Gasteiger partial charge in [-0.25, -0.2) is 9.59 Å². The molecule has 0 bridgehead atoms. The van der Waals surface area contributed by atoms with Crippen LogP contribution in [0, 0.1) is 11.8 Å². The van der Waals surface area contributed by atoms with E-state index >= 15 is 0 Å². The van der Waals surface area contributed by atoms with Crippen LogP contribution in [-0.2, 0) is 19.1 Å². The molecule has 1 amide bonds. The van der Waals surface area contributed by atoms with Crippen LogP contribution >= 0.6 is 0 Å². The lowest BCUT2D eigenvalue weighted by Crippen LogP contribution is -2.36. The first-order chi connectivity index (χ1) is 14.9. The first kappa shape index (κ1) is 25.1. The van der Waals surface area contributed by atoms with Crippen molar-refractivity contribution >= 4 is 29.5 Å². The number of benzene rings is 1. The van der Waals surface area contributed by atoms with E-state index in [4.69, 9.17) is 9.47 Å². The van der Waals surface area contributed by atoms with Gasteiger partial charge in [0.1, 0.15) is 0 Å². The number of aliphatic carboxylic acids is 1. The monoisotopic (exact) mass is 445 g/mol. The number of carboxylic acid groups (broad SMARTS) is 1. The van der Waals surface area contributed by atoms with Crippen LogP contribution in [0.4, 0.5) is 5.69 Å². The first-order valence-electron chi connectivity index (χ1n) is 10.6. The number of nitrogens with one attached hydrogen (secondary N) is 1. The summed E-state index contributed by atoms with van der Waals surface area (Å²) in [6.45, 7) is 10.6. The molecule has 1 aliphatic carbocycles. The Hall–Kier alpha value is -3.16. The zero-order valence-electron chi connectivity index (χ0n) is 19.4. The minimum atomic E-state index is -1.03. The molecule has 0 fully saturated rings. The topological polar surface area (TPSA) is 119 Å². The molecular formula is C24H31NO7. The maximum Gasteiger partial charge on any atom is 0.338 e. The van der Waals surface area contributed by atoms with Crippen LogP contribution < -0.4 is 5.32 Å². The van der Waals surface area contributed by atoms with Crippen LogP contribution in [0.5, 0.6) is 0 Å². The second kappa shape index (κ2) is 10.4. The lowest BCUT2D eigenvalue weighted by Gasteiger charge is -2.29. The molecule has 1 aromatic rings. The van der Waals surface area contributed by atoms with Gasteiger partial charge in [-0.05, 0) is 72.6 Å². The summed E-state index contributed by atoms with van der Waals surface area (Å²) in [5.74, 6) is -4.43. The maximum absolute atomic E-state index is 13.0. The molecule has 0 saturated carbocycles. The number of carbonyl (C=O) groups is 4. The summed E-state index contributed by atoms with van der Waals surface area (Å²) in [7, 11) is 0. The molecule has 2 N–H and O–H groups in total. The van der Waals surface area contributed by atoms with Gasteiger partial charge in [0, 0.05) is 5.69 Å². The maximum atomic E-state index is 13.0. The second-order valence-electron chi connectivity index (χ2n) is 8.72. The smallest absolute Gasteiger partial charge is 0.338 e. The van der Waals surface area contributed by atoms with E-state index < -0.39 is 35.7 Å². The van der Waals surface area contributed by atoms with Crippen molar-refractivity contribution in [1.29, 1.82) is 0 Å². The zero-order valence-corrected chi connectivity index (χ0v) is 19.4. The summed E-state index contributed by atoms with van der Waals surface area (Å²) in [5, 5.41) is 12.3. The number of carbonyl (C=O) groups excluding carboxylic acids is 3. The van der Waals surface area contributed by atoms with Crippen molar-refractivity contribution in [3.8, 4) is 0 Å². The number of anilines is 1. The van der Waals surface area contributed by atoms with Crippen LogP contribution in [0.1, 0.15) is 75.1 Å². The van der Waals surface area contributed by atoms with Crippen LogP contribution in [0.25, 0.3) is 0 Å². The third kappa shape index (κ3) is 6.42. The summed E-state index contributed by atoms with van der Waals surface area (Å²) in [6.07, 6.45) is -0.121. The zero-order chi connectivity index (χ0) is 24.2. The number of amides is 1. The molecule has 0 aromatic heterocycles. The molecule has 8 nitrogen and oxygen atoms in total. The molecule has 0 unspecified atom stereocenters. The van der Waals surface area contributed by atoms with Gasteiger partial charge in [0.15, 0.2) is 0 Å². The van der Waals surface area contributed by atoms with Crippen molar-refractivity contribution in [1.82, 2.24) is 0 Å².